The van der Waals surface area contributed by atoms with Gasteiger partial charge < -0.3 is 5.73 Å². The van der Waals surface area contributed by atoms with Gasteiger partial charge in [0.05, 0.1) is 10.5 Å². The average molecular weight is 352 g/mol. The van der Waals surface area contributed by atoms with Crippen molar-refractivity contribution in [2.24, 2.45) is 17.6 Å². The Bertz CT molecular complexity index is 720. The van der Waals surface area contributed by atoms with E-state index in [1.165, 1.54) is 0 Å². The summed E-state index contributed by atoms with van der Waals surface area (Å²) < 4.78 is 78.6. The number of hydrogen-bond acceptors (Lipinski definition) is 3. The minimum atomic E-state index is -4.95. The zero-order chi connectivity index (χ0) is 17.0. The van der Waals surface area contributed by atoms with Crippen molar-refractivity contribution >= 4 is 10.0 Å². The molecule has 2 N–H and O–H groups in total. The highest BCUT2D eigenvalue weighted by Crippen LogP contribution is 2.41. The van der Waals surface area contributed by atoms with Gasteiger partial charge in [-0.05, 0) is 42.9 Å². The molecule has 1 aliphatic carbocycles. The lowest BCUT2D eigenvalue weighted by molar-refractivity contribution is -0.140. The number of rotatable bonds is 2. The van der Waals surface area contributed by atoms with Crippen LogP contribution in [0, 0.1) is 17.7 Å². The van der Waals surface area contributed by atoms with E-state index in [-0.39, 0.29) is 37.0 Å². The van der Waals surface area contributed by atoms with Gasteiger partial charge in [0.2, 0.25) is 10.0 Å². The fourth-order valence-corrected chi connectivity index (χ4v) is 5.28. The second kappa shape index (κ2) is 5.42. The summed E-state index contributed by atoms with van der Waals surface area (Å²) in [4.78, 5) is -0.903. The van der Waals surface area contributed by atoms with Gasteiger partial charge in [-0.15, -0.1) is 0 Å². The zero-order valence-electron chi connectivity index (χ0n) is 12.1. The topological polar surface area (TPSA) is 63.4 Å². The van der Waals surface area contributed by atoms with Crippen molar-refractivity contribution < 1.29 is 26.0 Å². The Morgan fingerprint density at radius 3 is 2.48 bits per heavy atom. The van der Waals surface area contributed by atoms with E-state index in [9.17, 15) is 26.0 Å². The summed E-state index contributed by atoms with van der Waals surface area (Å²) in [6.07, 6.45) is -3.38. The third kappa shape index (κ3) is 2.85. The minimum absolute atomic E-state index is 0.0282. The first-order valence-electron chi connectivity index (χ1n) is 7.23. The van der Waals surface area contributed by atoms with Gasteiger partial charge in [0.25, 0.3) is 0 Å². The highest BCUT2D eigenvalue weighted by Gasteiger charge is 2.47. The standard InChI is InChI=1S/C14H16F4N2O2S/c15-9-2-4-13(11(5-9)14(16,17)18)23(21,22)20-6-8-1-3-12(19)10(8)7-20/h2,4-5,8,10,12H,1,3,6-7,19H2. The van der Waals surface area contributed by atoms with Gasteiger partial charge in [0, 0.05) is 19.1 Å². The Morgan fingerprint density at radius 2 is 1.87 bits per heavy atom. The number of hydrogen-bond donors (Lipinski definition) is 1. The molecule has 1 heterocycles. The number of nitrogens with two attached hydrogens (primary N) is 1. The van der Waals surface area contributed by atoms with Gasteiger partial charge in [-0.1, -0.05) is 0 Å². The maximum Gasteiger partial charge on any atom is 0.417 e. The van der Waals surface area contributed by atoms with E-state index in [1.54, 1.807) is 0 Å². The van der Waals surface area contributed by atoms with Crippen molar-refractivity contribution in [1.29, 1.82) is 0 Å². The fraction of sp³-hybridized carbons (Fsp3) is 0.571. The van der Waals surface area contributed by atoms with Crippen molar-refractivity contribution in [3.8, 4) is 0 Å². The first kappa shape index (κ1) is 16.7. The lowest BCUT2D eigenvalue weighted by Gasteiger charge is -2.21. The van der Waals surface area contributed by atoms with Crippen molar-refractivity contribution in [2.45, 2.75) is 30.0 Å². The Hall–Kier alpha value is -1.19. The summed E-state index contributed by atoms with van der Waals surface area (Å²) in [5.41, 5.74) is 4.46. The Labute approximate surface area is 131 Å². The van der Waals surface area contributed by atoms with E-state index in [1.807, 2.05) is 0 Å². The molecule has 2 aliphatic rings. The van der Waals surface area contributed by atoms with Crippen molar-refractivity contribution in [3.63, 3.8) is 0 Å². The van der Waals surface area contributed by atoms with Gasteiger partial charge in [0.15, 0.2) is 0 Å². The lowest BCUT2D eigenvalue weighted by atomic mass is 9.98. The molecule has 1 saturated heterocycles. The number of sulfonamides is 1. The van der Waals surface area contributed by atoms with Crippen LogP contribution >= 0.6 is 0 Å². The molecule has 0 bridgehead atoms. The van der Waals surface area contributed by atoms with Crippen LogP contribution in [0.25, 0.3) is 0 Å². The molecule has 0 radical (unpaired) electrons. The van der Waals surface area contributed by atoms with E-state index >= 15 is 0 Å². The van der Waals surface area contributed by atoms with Crippen molar-refractivity contribution in [3.05, 3.63) is 29.6 Å². The van der Waals surface area contributed by atoms with Crippen LogP contribution in [0.5, 0.6) is 0 Å². The molecule has 1 saturated carbocycles. The smallest absolute Gasteiger partial charge is 0.327 e. The molecule has 2 fully saturated rings. The van der Waals surface area contributed by atoms with E-state index in [2.05, 4.69) is 0 Å². The molecule has 3 unspecified atom stereocenters. The maximum absolute atomic E-state index is 13.2. The lowest BCUT2D eigenvalue weighted by Crippen LogP contribution is -2.34. The first-order valence-corrected chi connectivity index (χ1v) is 8.67. The quantitative estimate of drug-likeness (QED) is 0.830. The van der Waals surface area contributed by atoms with Gasteiger partial charge in [-0.25, -0.2) is 12.8 Å². The predicted molar refractivity (Wildman–Crippen MR) is 74.4 cm³/mol. The third-order valence-corrected chi connectivity index (χ3v) is 6.63. The summed E-state index contributed by atoms with van der Waals surface area (Å²) >= 11 is 0. The van der Waals surface area contributed by atoms with Crippen LogP contribution in [0.1, 0.15) is 18.4 Å². The van der Waals surface area contributed by atoms with Gasteiger partial charge in [-0.2, -0.15) is 17.5 Å². The molecule has 1 aromatic carbocycles. The third-order valence-electron chi connectivity index (χ3n) is 4.74. The fourth-order valence-electron chi connectivity index (χ4n) is 3.55. The summed E-state index contributed by atoms with van der Waals surface area (Å²) in [5.74, 6) is -1.08. The zero-order valence-corrected chi connectivity index (χ0v) is 12.9. The maximum atomic E-state index is 13.2. The molecule has 0 spiro atoms. The first-order chi connectivity index (χ1) is 10.6. The van der Waals surface area contributed by atoms with Crippen molar-refractivity contribution in [1.82, 2.24) is 4.31 Å². The SMILES string of the molecule is NC1CCC2CN(S(=O)(=O)c3ccc(F)cc3C(F)(F)F)CC12. The van der Waals surface area contributed by atoms with Crippen LogP contribution in [-0.4, -0.2) is 31.9 Å². The summed E-state index contributed by atoms with van der Waals surface area (Å²) in [6.45, 7) is 0.276. The monoisotopic (exact) mass is 352 g/mol. The van der Waals surface area contributed by atoms with Crippen LogP contribution in [0.2, 0.25) is 0 Å². The van der Waals surface area contributed by atoms with Crippen LogP contribution in [0.4, 0.5) is 17.6 Å². The molecule has 4 nitrogen and oxygen atoms in total. The molecule has 1 aromatic rings. The molecule has 3 rings (SSSR count). The van der Waals surface area contributed by atoms with E-state index < -0.39 is 32.5 Å². The van der Waals surface area contributed by atoms with Crippen LogP contribution in [0.15, 0.2) is 23.1 Å². The Balaban J connectivity index is 1.98. The predicted octanol–water partition coefficient (Wildman–Crippen LogP) is 2.20. The van der Waals surface area contributed by atoms with Crippen LogP contribution in [0.3, 0.4) is 0 Å². The van der Waals surface area contributed by atoms with E-state index in [0.717, 1.165) is 23.2 Å². The number of nitrogens with zero attached hydrogens (tertiary/aromatic N) is 1. The summed E-state index contributed by atoms with van der Waals surface area (Å²) in [7, 11) is -4.34. The molecular formula is C14H16F4N2O2S. The van der Waals surface area contributed by atoms with Crippen LogP contribution in [-0.2, 0) is 16.2 Å². The van der Waals surface area contributed by atoms with Crippen molar-refractivity contribution in [2.75, 3.05) is 13.1 Å². The Kier molecular flexibility index (Phi) is 3.93. The molecule has 1 aliphatic heterocycles. The molecule has 0 aromatic heterocycles. The van der Waals surface area contributed by atoms with Gasteiger partial charge in [0.1, 0.15) is 5.82 Å². The number of alkyl halides is 3. The largest absolute Gasteiger partial charge is 0.417 e. The average Bonchev–Trinajstić information content (AvgIpc) is 3.00. The van der Waals surface area contributed by atoms with Gasteiger partial charge >= 0.3 is 6.18 Å². The summed E-state index contributed by atoms with van der Waals surface area (Å²) in [6, 6.07) is 1.50. The van der Waals surface area contributed by atoms with E-state index in [4.69, 9.17) is 5.73 Å². The number of halogens is 4. The molecular weight excluding hydrogens is 336 g/mol. The van der Waals surface area contributed by atoms with Gasteiger partial charge in [-0.3, -0.25) is 0 Å². The second-order valence-corrected chi connectivity index (χ2v) is 8.03. The molecule has 3 atom stereocenters. The molecule has 0 amide bonds. The molecule has 9 heteroatoms. The highest BCUT2D eigenvalue weighted by atomic mass is 32.2. The van der Waals surface area contributed by atoms with Crippen LogP contribution < -0.4 is 5.73 Å². The number of fused-ring (bicyclic) bond motifs is 1. The number of benzene rings is 1. The second-order valence-electron chi connectivity index (χ2n) is 6.13. The minimum Gasteiger partial charge on any atom is -0.327 e. The van der Waals surface area contributed by atoms with E-state index in [0.29, 0.717) is 6.07 Å². The normalized spacial score (nSPS) is 29.0. The molecule has 128 valence electrons. The summed E-state index contributed by atoms with van der Waals surface area (Å²) in [5, 5.41) is 0. The molecule has 23 heavy (non-hydrogen) atoms. The highest BCUT2D eigenvalue weighted by molar-refractivity contribution is 7.89. The Morgan fingerprint density at radius 1 is 1.17 bits per heavy atom.